The molecule has 2 nitrogen and oxygen atoms in total. The third-order valence-electron chi connectivity index (χ3n) is 3.29. The number of hydrogen-bond acceptors (Lipinski definition) is 4. The van der Waals surface area contributed by atoms with E-state index in [0.29, 0.717) is 10.5 Å². The van der Waals surface area contributed by atoms with Crippen LogP contribution < -0.4 is 4.74 Å². The fourth-order valence-corrected chi connectivity index (χ4v) is 4.82. The second kappa shape index (κ2) is 6.18. The van der Waals surface area contributed by atoms with Crippen LogP contribution in [0.1, 0.15) is 24.2 Å². The van der Waals surface area contributed by atoms with Crippen LogP contribution in [0.4, 0.5) is 4.39 Å². The first kappa shape index (κ1) is 14.7. The number of carbonyl (C=O) groups is 1. The van der Waals surface area contributed by atoms with E-state index in [1.807, 2.05) is 0 Å². The van der Waals surface area contributed by atoms with Gasteiger partial charge in [-0.25, -0.2) is 4.39 Å². The van der Waals surface area contributed by atoms with Crippen molar-refractivity contribution >= 4 is 29.3 Å². The van der Waals surface area contributed by atoms with Crippen LogP contribution in [-0.2, 0) is 0 Å². The van der Waals surface area contributed by atoms with E-state index in [9.17, 15) is 9.18 Å². The Bertz CT molecular complexity index is 479. The van der Waals surface area contributed by atoms with Crippen LogP contribution >= 0.6 is 23.5 Å². The molecule has 104 valence electrons. The molecule has 0 amide bonds. The van der Waals surface area contributed by atoms with Gasteiger partial charge in [-0.2, -0.15) is 11.8 Å². The van der Waals surface area contributed by atoms with E-state index in [0.717, 1.165) is 5.75 Å². The lowest BCUT2D eigenvalue weighted by atomic mass is 10.1. The Balaban J connectivity index is 2.20. The van der Waals surface area contributed by atoms with Crippen molar-refractivity contribution in [2.24, 2.45) is 0 Å². The van der Waals surface area contributed by atoms with Crippen molar-refractivity contribution in [3.05, 3.63) is 29.6 Å². The molecular formula is C14H17FO2S2. The molecule has 5 heteroatoms. The van der Waals surface area contributed by atoms with E-state index in [4.69, 9.17) is 4.74 Å². The van der Waals surface area contributed by atoms with Gasteiger partial charge in [-0.05, 0) is 12.1 Å². The van der Waals surface area contributed by atoms with Gasteiger partial charge in [-0.1, -0.05) is 19.9 Å². The second-order valence-corrected chi connectivity index (χ2v) is 7.55. The summed E-state index contributed by atoms with van der Waals surface area (Å²) in [5.41, 5.74) is 0.138. The van der Waals surface area contributed by atoms with E-state index < -0.39 is 5.82 Å². The summed E-state index contributed by atoms with van der Waals surface area (Å²) in [6, 6.07) is 4.72. The van der Waals surface area contributed by atoms with Crippen LogP contribution in [0.3, 0.4) is 0 Å². The van der Waals surface area contributed by atoms with Gasteiger partial charge < -0.3 is 4.74 Å². The number of ether oxygens (including phenoxy) is 1. The van der Waals surface area contributed by atoms with E-state index in [-0.39, 0.29) is 22.3 Å². The van der Waals surface area contributed by atoms with Crippen molar-refractivity contribution in [3.63, 3.8) is 0 Å². The largest absolute Gasteiger partial charge is 0.494 e. The van der Waals surface area contributed by atoms with Crippen molar-refractivity contribution < 1.29 is 13.9 Å². The van der Waals surface area contributed by atoms with Gasteiger partial charge >= 0.3 is 0 Å². The highest BCUT2D eigenvalue weighted by Crippen LogP contribution is 2.37. The number of ketones is 1. The molecule has 1 aliphatic heterocycles. The molecule has 0 radical (unpaired) electrons. The highest BCUT2D eigenvalue weighted by molar-refractivity contribution is 8.08. The summed E-state index contributed by atoms with van der Waals surface area (Å²) < 4.78 is 19.0. The minimum atomic E-state index is -0.549. The Morgan fingerprint density at radius 2 is 2.11 bits per heavy atom. The molecule has 0 spiro atoms. The first-order valence-electron chi connectivity index (χ1n) is 6.18. The van der Waals surface area contributed by atoms with Gasteiger partial charge in [0.25, 0.3) is 0 Å². The molecule has 1 aromatic rings. The zero-order chi connectivity index (χ0) is 14.0. The normalized spacial score (nSPS) is 27.1. The number of methoxy groups -OCH3 is 1. The molecule has 0 aromatic heterocycles. The van der Waals surface area contributed by atoms with E-state index >= 15 is 0 Å². The molecule has 1 heterocycles. The number of thioether (sulfide) groups is 2. The topological polar surface area (TPSA) is 26.3 Å². The van der Waals surface area contributed by atoms with Crippen molar-refractivity contribution in [3.8, 4) is 5.75 Å². The zero-order valence-corrected chi connectivity index (χ0v) is 12.8. The number of rotatable bonds is 3. The van der Waals surface area contributed by atoms with Crippen molar-refractivity contribution in [1.29, 1.82) is 0 Å². The number of benzene rings is 1. The van der Waals surface area contributed by atoms with Crippen LogP contribution in [0.5, 0.6) is 5.75 Å². The third kappa shape index (κ3) is 3.08. The standard InChI is InChI=1S/C14H17FO2S2/c1-8-9(2)19-12(7-18-8)14(16)10-5-4-6-11(17-3)13(10)15/h4-6,8-9,12H,7H2,1-3H3. The fraction of sp³-hybridized carbons (Fsp3) is 0.500. The monoisotopic (exact) mass is 300 g/mol. The minimum absolute atomic E-state index is 0.126. The number of carbonyl (C=O) groups excluding carboxylic acids is 1. The smallest absolute Gasteiger partial charge is 0.179 e. The van der Waals surface area contributed by atoms with Crippen molar-refractivity contribution in [1.82, 2.24) is 0 Å². The number of halogens is 1. The predicted octanol–water partition coefficient (Wildman–Crippen LogP) is 3.64. The molecule has 19 heavy (non-hydrogen) atoms. The van der Waals surface area contributed by atoms with Gasteiger partial charge in [0.1, 0.15) is 0 Å². The van der Waals surface area contributed by atoms with E-state index in [1.165, 1.54) is 19.2 Å². The molecule has 1 aromatic carbocycles. The molecule has 1 fully saturated rings. The highest BCUT2D eigenvalue weighted by Gasteiger charge is 2.32. The average molecular weight is 300 g/mol. The molecule has 0 N–H and O–H groups in total. The lowest BCUT2D eigenvalue weighted by Crippen LogP contribution is -2.32. The Kier molecular flexibility index (Phi) is 4.79. The quantitative estimate of drug-likeness (QED) is 0.796. The molecule has 0 bridgehead atoms. The van der Waals surface area contributed by atoms with Gasteiger partial charge in [-0.15, -0.1) is 11.8 Å². The Hall–Kier alpha value is -0.680. The molecule has 3 unspecified atom stereocenters. The first-order valence-corrected chi connectivity index (χ1v) is 8.17. The van der Waals surface area contributed by atoms with E-state index in [1.54, 1.807) is 29.6 Å². The second-order valence-electron chi connectivity index (χ2n) is 4.55. The first-order chi connectivity index (χ1) is 9.04. The molecule has 3 atom stereocenters. The molecular weight excluding hydrogens is 283 g/mol. The predicted molar refractivity (Wildman–Crippen MR) is 80.0 cm³/mol. The van der Waals surface area contributed by atoms with Crippen molar-refractivity contribution in [2.75, 3.05) is 12.9 Å². The van der Waals surface area contributed by atoms with Gasteiger partial charge in [0.05, 0.1) is 17.9 Å². The third-order valence-corrected chi connectivity index (χ3v) is 6.68. The summed E-state index contributed by atoms with van der Waals surface area (Å²) in [6.45, 7) is 4.28. The summed E-state index contributed by atoms with van der Waals surface area (Å²) in [6.07, 6.45) is 0. The lowest BCUT2D eigenvalue weighted by molar-refractivity contribution is 0.0990. The molecule has 2 rings (SSSR count). The molecule has 1 aliphatic rings. The van der Waals surface area contributed by atoms with Gasteiger partial charge in [0.2, 0.25) is 0 Å². The van der Waals surface area contributed by atoms with Crippen LogP contribution in [-0.4, -0.2) is 34.4 Å². The van der Waals surface area contributed by atoms with Crippen LogP contribution in [0.2, 0.25) is 0 Å². The Labute approximate surface area is 121 Å². The Morgan fingerprint density at radius 1 is 1.37 bits per heavy atom. The summed E-state index contributed by atoms with van der Waals surface area (Å²) in [4.78, 5) is 12.4. The lowest BCUT2D eigenvalue weighted by Gasteiger charge is -2.30. The maximum atomic E-state index is 14.1. The maximum Gasteiger partial charge on any atom is 0.179 e. The van der Waals surface area contributed by atoms with Crippen LogP contribution in [0.15, 0.2) is 18.2 Å². The van der Waals surface area contributed by atoms with Gasteiger partial charge in [0, 0.05) is 16.3 Å². The summed E-state index contributed by atoms with van der Waals surface area (Å²) in [5.74, 6) is 0.186. The van der Waals surface area contributed by atoms with E-state index in [2.05, 4.69) is 13.8 Å². The van der Waals surface area contributed by atoms with Crippen molar-refractivity contribution in [2.45, 2.75) is 29.6 Å². The Morgan fingerprint density at radius 3 is 2.74 bits per heavy atom. The highest BCUT2D eigenvalue weighted by atomic mass is 32.2. The summed E-state index contributed by atoms with van der Waals surface area (Å²) in [7, 11) is 1.40. The number of hydrogen-bond donors (Lipinski definition) is 0. The average Bonchev–Trinajstić information content (AvgIpc) is 2.41. The summed E-state index contributed by atoms with van der Waals surface area (Å²) in [5, 5.41) is 0.767. The van der Waals surface area contributed by atoms with Gasteiger partial charge in [-0.3, -0.25) is 4.79 Å². The molecule has 0 aliphatic carbocycles. The SMILES string of the molecule is COc1cccc(C(=O)C2CSC(C)C(C)S2)c1F. The zero-order valence-electron chi connectivity index (χ0n) is 11.2. The van der Waals surface area contributed by atoms with Gasteiger partial charge in [0.15, 0.2) is 17.3 Å². The fourth-order valence-electron chi connectivity index (χ4n) is 1.95. The maximum absolute atomic E-state index is 14.1. The minimum Gasteiger partial charge on any atom is -0.494 e. The molecule has 0 saturated carbocycles. The van der Waals surface area contributed by atoms with Crippen LogP contribution in [0.25, 0.3) is 0 Å². The molecule has 1 saturated heterocycles. The van der Waals surface area contributed by atoms with Crippen LogP contribution in [0, 0.1) is 5.82 Å². The summed E-state index contributed by atoms with van der Waals surface area (Å²) >= 11 is 3.42. The number of Topliss-reactive ketones (excluding diaryl/α,β-unsaturated/α-hetero) is 1.